The first-order valence-electron chi connectivity index (χ1n) is 5.63. The molecule has 2 heterocycles. The fraction of sp³-hybridized carbons (Fsp3) is 0.583. The highest BCUT2D eigenvalue weighted by molar-refractivity contribution is 8.13. The topological polar surface area (TPSA) is 24.4 Å². The molecule has 1 fully saturated rings. The summed E-state index contributed by atoms with van der Waals surface area (Å²) in [6.45, 7) is 7.49. The molecule has 0 bridgehead atoms. The zero-order chi connectivity index (χ0) is 11.5. The maximum Gasteiger partial charge on any atom is 0.157 e. The molecule has 0 amide bonds. The molecule has 16 heavy (non-hydrogen) atoms. The molecule has 1 aromatic heterocycles. The van der Waals surface area contributed by atoms with Gasteiger partial charge in [-0.05, 0) is 36.8 Å². The second-order valence-electron chi connectivity index (χ2n) is 4.37. The molecular formula is C12H18N2S2. The number of rotatable bonds is 2. The molecule has 88 valence electrons. The largest absolute Gasteiger partial charge is 0.362 e. The Labute approximate surface area is 106 Å². The fourth-order valence-electron chi connectivity index (χ4n) is 1.53. The van der Waals surface area contributed by atoms with Gasteiger partial charge in [-0.3, -0.25) is 4.99 Å². The third-order valence-corrected chi connectivity index (χ3v) is 5.24. The van der Waals surface area contributed by atoms with Crippen LogP contribution >= 0.6 is 23.1 Å². The van der Waals surface area contributed by atoms with Crippen molar-refractivity contribution in [1.29, 1.82) is 0 Å². The number of thiophene rings is 1. The molecule has 2 nitrogen and oxygen atoms in total. The molecule has 0 saturated carbocycles. The van der Waals surface area contributed by atoms with Crippen LogP contribution in [0.5, 0.6) is 0 Å². The molecule has 2 atom stereocenters. The van der Waals surface area contributed by atoms with Crippen molar-refractivity contribution in [3.05, 3.63) is 21.9 Å². The van der Waals surface area contributed by atoms with Crippen LogP contribution in [0.2, 0.25) is 0 Å². The minimum Gasteiger partial charge on any atom is -0.362 e. The molecule has 0 spiro atoms. The Morgan fingerprint density at radius 3 is 2.94 bits per heavy atom. The number of aliphatic imine (C=N–C) groups is 1. The molecule has 4 heteroatoms. The number of nitrogens with zero attached hydrogens (tertiary/aromatic N) is 1. The van der Waals surface area contributed by atoms with E-state index in [0.717, 1.165) is 17.6 Å². The predicted octanol–water partition coefficient (Wildman–Crippen LogP) is 3.27. The molecule has 2 rings (SSSR count). The van der Waals surface area contributed by atoms with Crippen molar-refractivity contribution in [3.8, 4) is 0 Å². The van der Waals surface area contributed by atoms with Gasteiger partial charge < -0.3 is 5.32 Å². The molecule has 1 aromatic rings. The van der Waals surface area contributed by atoms with Crippen LogP contribution in [-0.4, -0.2) is 17.0 Å². The van der Waals surface area contributed by atoms with E-state index < -0.39 is 0 Å². The first kappa shape index (κ1) is 12.0. The van der Waals surface area contributed by atoms with Crippen molar-refractivity contribution in [2.45, 2.75) is 33.4 Å². The van der Waals surface area contributed by atoms with Gasteiger partial charge in [-0.15, -0.1) is 11.3 Å². The lowest BCUT2D eigenvalue weighted by atomic mass is 10.1. The number of hydrogen-bond acceptors (Lipinski definition) is 3. The van der Waals surface area contributed by atoms with E-state index in [-0.39, 0.29) is 0 Å². The highest BCUT2D eigenvalue weighted by atomic mass is 32.2. The normalized spacial score (nSPS) is 28.1. The molecule has 0 radical (unpaired) electrons. The minimum atomic E-state index is 0.546. The predicted molar refractivity (Wildman–Crippen MR) is 74.4 cm³/mol. The van der Waals surface area contributed by atoms with Crippen molar-refractivity contribution in [1.82, 2.24) is 5.32 Å². The second-order valence-corrected chi connectivity index (χ2v) is 6.38. The van der Waals surface area contributed by atoms with Gasteiger partial charge in [0.2, 0.25) is 0 Å². The summed E-state index contributed by atoms with van der Waals surface area (Å²) in [6, 6.07) is 2.70. The standard InChI is InChI=1S/C12H18N2S2/c1-8-4-5-15-11(8)6-13-12-14-10(3)9(2)7-16-12/h4-5,9-10H,6-7H2,1-3H3,(H,13,14). The van der Waals surface area contributed by atoms with E-state index in [2.05, 4.69) is 42.5 Å². The second kappa shape index (κ2) is 5.23. The van der Waals surface area contributed by atoms with Crippen LogP contribution in [0.4, 0.5) is 0 Å². The maximum absolute atomic E-state index is 4.65. The van der Waals surface area contributed by atoms with Gasteiger partial charge in [-0.1, -0.05) is 18.7 Å². The van der Waals surface area contributed by atoms with E-state index in [9.17, 15) is 0 Å². The van der Waals surface area contributed by atoms with Crippen molar-refractivity contribution >= 4 is 28.3 Å². The van der Waals surface area contributed by atoms with Crippen molar-refractivity contribution < 1.29 is 0 Å². The minimum absolute atomic E-state index is 0.546. The summed E-state index contributed by atoms with van der Waals surface area (Å²) in [5.74, 6) is 1.91. The highest BCUT2D eigenvalue weighted by Gasteiger charge is 2.20. The first-order valence-corrected chi connectivity index (χ1v) is 7.50. The van der Waals surface area contributed by atoms with E-state index in [1.54, 1.807) is 11.3 Å². The van der Waals surface area contributed by atoms with Gasteiger partial charge in [0.15, 0.2) is 5.17 Å². The van der Waals surface area contributed by atoms with Crippen LogP contribution < -0.4 is 5.32 Å². The average molecular weight is 254 g/mol. The molecule has 1 aliphatic heterocycles. The Morgan fingerprint density at radius 2 is 2.31 bits per heavy atom. The van der Waals surface area contributed by atoms with Gasteiger partial charge in [0.1, 0.15) is 0 Å². The SMILES string of the molecule is Cc1ccsc1CN=C1NC(C)C(C)CS1. The monoisotopic (exact) mass is 254 g/mol. The van der Waals surface area contributed by atoms with Gasteiger partial charge in [-0.2, -0.15) is 0 Å². The van der Waals surface area contributed by atoms with E-state index in [1.807, 2.05) is 11.8 Å². The molecule has 1 saturated heterocycles. The van der Waals surface area contributed by atoms with E-state index in [1.165, 1.54) is 16.2 Å². The zero-order valence-corrected chi connectivity index (χ0v) is 11.6. The number of aryl methyl sites for hydroxylation is 1. The lowest BCUT2D eigenvalue weighted by molar-refractivity contribution is 0.490. The quantitative estimate of drug-likeness (QED) is 0.876. The summed E-state index contributed by atoms with van der Waals surface area (Å²) < 4.78 is 0. The summed E-state index contributed by atoms with van der Waals surface area (Å²) in [5, 5.41) is 6.71. The van der Waals surface area contributed by atoms with Crippen molar-refractivity contribution in [2.75, 3.05) is 5.75 Å². The molecular weight excluding hydrogens is 236 g/mol. The highest BCUT2D eigenvalue weighted by Crippen LogP contribution is 2.21. The van der Waals surface area contributed by atoms with Gasteiger partial charge in [0.25, 0.3) is 0 Å². The third-order valence-electron chi connectivity index (χ3n) is 3.02. The van der Waals surface area contributed by atoms with Crippen LogP contribution in [0.1, 0.15) is 24.3 Å². The smallest absolute Gasteiger partial charge is 0.157 e. The summed E-state index contributed by atoms with van der Waals surface area (Å²) in [7, 11) is 0. The zero-order valence-electron chi connectivity index (χ0n) is 9.99. The lowest BCUT2D eigenvalue weighted by Crippen LogP contribution is -2.41. The Morgan fingerprint density at radius 1 is 1.50 bits per heavy atom. The van der Waals surface area contributed by atoms with E-state index in [4.69, 9.17) is 0 Å². The molecule has 0 aliphatic carbocycles. The van der Waals surface area contributed by atoms with Crippen LogP contribution in [0.3, 0.4) is 0 Å². The van der Waals surface area contributed by atoms with E-state index >= 15 is 0 Å². The molecule has 1 aliphatic rings. The first-order chi connectivity index (χ1) is 7.66. The number of nitrogens with one attached hydrogen (secondary N) is 1. The maximum atomic E-state index is 4.65. The number of amidine groups is 1. The Bertz CT molecular complexity index is 384. The van der Waals surface area contributed by atoms with Gasteiger partial charge in [0.05, 0.1) is 6.54 Å². The van der Waals surface area contributed by atoms with Gasteiger partial charge in [-0.25, -0.2) is 0 Å². The van der Waals surface area contributed by atoms with Crippen LogP contribution in [0, 0.1) is 12.8 Å². The summed E-state index contributed by atoms with van der Waals surface area (Å²) >= 11 is 3.64. The molecule has 1 N–H and O–H groups in total. The Balaban J connectivity index is 1.96. The average Bonchev–Trinajstić information content (AvgIpc) is 2.66. The summed E-state index contributed by atoms with van der Waals surface area (Å²) in [4.78, 5) is 6.03. The molecule has 0 aromatic carbocycles. The lowest BCUT2D eigenvalue weighted by Gasteiger charge is -2.28. The summed E-state index contributed by atoms with van der Waals surface area (Å²) in [6.07, 6.45) is 0. The van der Waals surface area contributed by atoms with Gasteiger partial charge >= 0.3 is 0 Å². The van der Waals surface area contributed by atoms with Gasteiger partial charge in [0, 0.05) is 16.7 Å². The third kappa shape index (κ3) is 2.80. The van der Waals surface area contributed by atoms with E-state index in [0.29, 0.717) is 6.04 Å². The fourth-order valence-corrected chi connectivity index (χ4v) is 3.50. The number of thioether (sulfide) groups is 1. The van der Waals surface area contributed by atoms with Crippen LogP contribution in [0.25, 0.3) is 0 Å². The Hall–Kier alpha value is -0.480. The summed E-state index contributed by atoms with van der Waals surface area (Å²) in [5.41, 5.74) is 1.36. The van der Waals surface area contributed by atoms with Crippen molar-refractivity contribution in [2.24, 2.45) is 10.9 Å². The number of hydrogen-bond donors (Lipinski definition) is 1. The van der Waals surface area contributed by atoms with Crippen molar-refractivity contribution in [3.63, 3.8) is 0 Å². The van der Waals surface area contributed by atoms with Crippen LogP contribution in [0.15, 0.2) is 16.4 Å². The Kier molecular flexibility index (Phi) is 3.92. The van der Waals surface area contributed by atoms with Crippen LogP contribution in [-0.2, 0) is 6.54 Å². The molecule has 2 unspecified atom stereocenters.